The lowest BCUT2D eigenvalue weighted by atomic mass is 10.1. The fraction of sp³-hybridized carbons (Fsp3) is 0.455. The van der Waals surface area contributed by atoms with Crippen molar-refractivity contribution in [2.24, 2.45) is 0 Å². The normalized spacial score (nSPS) is 15.5. The highest BCUT2D eigenvalue weighted by Gasteiger charge is 2.25. The molecule has 0 saturated carbocycles. The van der Waals surface area contributed by atoms with Crippen molar-refractivity contribution in [1.82, 2.24) is 0 Å². The lowest BCUT2D eigenvalue weighted by molar-refractivity contribution is 0.176. The molecule has 0 aliphatic heterocycles. The molecule has 16 heavy (non-hydrogen) atoms. The number of rotatable bonds is 4. The van der Waals surface area contributed by atoms with Crippen LogP contribution in [0.2, 0.25) is 0 Å². The van der Waals surface area contributed by atoms with Gasteiger partial charge in [-0.2, -0.15) is 0 Å². The van der Waals surface area contributed by atoms with Gasteiger partial charge in [-0.05, 0) is 24.6 Å². The largest absolute Gasteiger partial charge is 0.497 e. The Labute approximate surface area is 95.8 Å². The van der Waals surface area contributed by atoms with Crippen LogP contribution in [0, 0.1) is 0 Å². The maximum atomic E-state index is 11.3. The summed E-state index contributed by atoms with van der Waals surface area (Å²) in [5.74, 6) is 0.669. The van der Waals surface area contributed by atoms with Gasteiger partial charge >= 0.3 is 0 Å². The Morgan fingerprint density at radius 3 is 2.12 bits per heavy atom. The van der Waals surface area contributed by atoms with Gasteiger partial charge in [-0.3, -0.25) is 0 Å². The molecule has 0 spiro atoms. The van der Waals surface area contributed by atoms with E-state index in [4.69, 9.17) is 4.74 Å². The van der Waals surface area contributed by atoms with Crippen LogP contribution < -0.4 is 4.74 Å². The van der Waals surface area contributed by atoms with Crippen LogP contribution in [0.25, 0.3) is 0 Å². The van der Waals surface area contributed by atoms with E-state index >= 15 is 0 Å². The summed E-state index contributed by atoms with van der Waals surface area (Å²) in [6.07, 6.45) is 0.102. The number of hydrogen-bond acceptors (Lipinski definition) is 4. The zero-order valence-corrected chi connectivity index (χ0v) is 10.4. The summed E-state index contributed by atoms with van der Waals surface area (Å²) >= 11 is 0. The summed E-state index contributed by atoms with van der Waals surface area (Å²) in [6, 6.07) is 6.69. The summed E-state index contributed by atoms with van der Waals surface area (Å²) in [7, 11) is -1.70. The van der Waals surface area contributed by atoms with E-state index in [1.165, 1.54) is 6.92 Å². The van der Waals surface area contributed by atoms with Gasteiger partial charge in [0.1, 0.15) is 5.75 Å². The summed E-state index contributed by atoms with van der Waals surface area (Å²) in [5, 5.41) is 9.05. The van der Waals surface area contributed by atoms with Crippen LogP contribution >= 0.6 is 0 Å². The molecule has 0 amide bonds. The number of aliphatic hydroxyl groups excluding tert-OH is 1. The molecule has 0 heterocycles. The number of benzene rings is 1. The first-order valence-corrected chi connectivity index (χ1v) is 6.82. The third kappa shape index (κ3) is 2.96. The van der Waals surface area contributed by atoms with Gasteiger partial charge in [-0.15, -0.1) is 0 Å². The average molecular weight is 244 g/mol. The minimum absolute atomic E-state index is 0.568. The molecule has 0 radical (unpaired) electrons. The molecule has 0 aromatic heterocycles. The van der Waals surface area contributed by atoms with Gasteiger partial charge in [0.05, 0.1) is 18.5 Å². The van der Waals surface area contributed by atoms with E-state index in [2.05, 4.69) is 0 Å². The standard InChI is InChI=1S/C11H16O4S/c1-8(16(3,13)14)11(12)9-4-6-10(15-2)7-5-9/h4-8,11-12H,1-3H3/t8-,11-/m0/s1. The van der Waals surface area contributed by atoms with Gasteiger partial charge in [0.15, 0.2) is 9.84 Å². The highest BCUT2D eigenvalue weighted by atomic mass is 32.2. The lowest BCUT2D eigenvalue weighted by Crippen LogP contribution is -2.24. The minimum atomic E-state index is -3.25. The van der Waals surface area contributed by atoms with Crippen molar-refractivity contribution >= 4 is 9.84 Å². The van der Waals surface area contributed by atoms with Crippen molar-refractivity contribution < 1.29 is 18.3 Å². The van der Waals surface area contributed by atoms with E-state index in [1.54, 1.807) is 31.4 Å². The van der Waals surface area contributed by atoms with Gasteiger partial charge in [-0.25, -0.2) is 8.42 Å². The highest BCUT2D eigenvalue weighted by Crippen LogP contribution is 2.23. The molecular formula is C11H16O4S. The summed E-state index contributed by atoms with van der Waals surface area (Å²) in [6.45, 7) is 1.49. The Kier molecular flexibility index (Phi) is 3.93. The Balaban J connectivity index is 2.92. The van der Waals surface area contributed by atoms with E-state index in [0.29, 0.717) is 11.3 Å². The van der Waals surface area contributed by atoms with Crippen LogP contribution in [0.5, 0.6) is 5.75 Å². The van der Waals surface area contributed by atoms with Crippen LogP contribution in [0.1, 0.15) is 18.6 Å². The molecule has 2 atom stereocenters. The molecule has 0 unspecified atom stereocenters. The molecule has 1 N–H and O–H groups in total. The number of sulfone groups is 1. The second-order valence-electron chi connectivity index (χ2n) is 3.75. The second-order valence-corrected chi connectivity index (χ2v) is 6.16. The van der Waals surface area contributed by atoms with Crippen molar-refractivity contribution in [3.8, 4) is 5.75 Å². The van der Waals surface area contributed by atoms with E-state index in [0.717, 1.165) is 6.26 Å². The highest BCUT2D eigenvalue weighted by molar-refractivity contribution is 7.91. The zero-order chi connectivity index (χ0) is 12.3. The monoisotopic (exact) mass is 244 g/mol. The molecule has 1 aromatic carbocycles. The van der Waals surface area contributed by atoms with Gasteiger partial charge in [0.25, 0.3) is 0 Å². The van der Waals surface area contributed by atoms with Crippen molar-refractivity contribution in [2.75, 3.05) is 13.4 Å². The van der Waals surface area contributed by atoms with Crippen LogP contribution in [0.3, 0.4) is 0 Å². The predicted octanol–water partition coefficient (Wildman–Crippen LogP) is 1.16. The molecule has 0 aliphatic carbocycles. The molecule has 0 aliphatic rings. The molecule has 0 saturated heterocycles. The van der Waals surface area contributed by atoms with Crippen molar-refractivity contribution in [3.05, 3.63) is 29.8 Å². The first kappa shape index (κ1) is 13.0. The van der Waals surface area contributed by atoms with Crippen LogP contribution in [0.15, 0.2) is 24.3 Å². The smallest absolute Gasteiger partial charge is 0.152 e. The Morgan fingerprint density at radius 1 is 1.25 bits per heavy atom. The number of aliphatic hydroxyl groups is 1. The first-order valence-electron chi connectivity index (χ1n) is 4.87. The summed E-state index contributed by atoms with van der Waals surface area (Å²) in [4.78, 5) is 0. The molecule has 0 bridgehead atoms. The molecule has 4 nitrogen and oxygen atoms in total. The Bertz CT molecular complexity index is 436. The van der Waals surface area contributed by atoms with E-state index in [9.17, 15) is 13.5 Å². The number of hydrogen-bond donors (Lipinski definition) is 1. The van der Waals surface area contributed by atoms with Gasteiger partial charge in [0, 0.05) is 6.26 Å². The Hall–Kier alpha value is -1.07. The van der Waals surface area contributed by atoms with Crippen LogP contribution in [-0.4, -0.2) is 32.1 Å². The van der Waals surface area contributed by atoms with Gasteiger partial charge < -0.3 is 9.84 Å². The predicted molar refractivity (Wildman–Crippen MR) is 62.3 cm³/mol. The van der Waals surface area contributed by atoms with Gasteiger partial charge in [0.2, 0.25) is 0 Å². The second kappa shape index (κ2) is 4.84. The molecule has 1 rings (SSSR count). The third-order valence-corrected chi connectivity index (χ3v) is 4.19. The van der Waals surface area contributed by atoms with Gasteiger partial charge in [-0.1, -0.05) is 12.1 Å². The molecule has 90 valence electrons. The van der Waals surface area contributed by atoms with Crippen LogP contribution in [0.4, 0.5) is 0 Å². The zero-order valence-electron chi connectivity index (χ0n) is 9.54. The van der Waals surface area contributed by atoms with E-state index in [-0.39, 0.29) is 0 Å². The fourth-order valence-corrected chi connectivity index (χ4v) is 1.93. The summed E-state index contributed by atoms with van der Waals surface area (Å²) in [5.41, 5.74) is 0.568. The molecular weight excluding hydrogens is 228 g/mol. The first-order chi connectivity index (χ1) is 7.36. The maximum Gasteiger partial charge on any atom is 0.152 e. The fourth-order valence-electron chi connectivity index (χ4n) is 1.31. The summed E-state index contributed by atoms with van der Waals surface area (Å²) < 4.78 is 27.5. The average Bonchev–Trinajstić information content (AvgIpc) is 2.26. The topological polar surface area (TPSA) is 63.6 Å². The van der Waals surface area contributed by atoms with Crippen molar-refractivity contribution in [3.63, 3.8) is 0 Å². The van der Waals surface area contributed by atoms with Crippen molar-refractivity contribution in [1.29, 1.82) is 0 Å². The third-order valence-electron chi connectivity index (χ3n) is 2.58. The molecule has 5 heteroatoms. The quantitative estimate of drug-likeness (QED) is 0.863. The SMILES string of the molecule is COc1ccc([C@@H](O)[C@H](C)S(C)(=O)=O)cc1. The Morgan fingerprint density at radius 2 is 1.75 bits per heavy atom. The van der Waals surface area contributed by atoms with E-state index < -0.39 is 21.2 Å². The van der Waals surface area contributed by atoms with Crippen LogP contribution in [-0.2, 0) is 9.84 Å². The maximum absolute atomic E-state index is 11.3. The molecule has 1 aromatic rings. The number of ether oxygens (including phenoxy) is 1. The van der Waals surface area contributed by atoms with E-state index in [1.807, 2.05) is 0 Å². The number of methoxy groups -OCH3 is 1. The minimum Gasteiger partial charge on any atom is -0.497 e. The lowest BCUT2D eigenvalue weighted by Gasteiger charge is -2.17. The molecule has 0 fully saturated rings. The van der Waals surface area contributed by atoms with Crippen molar-refractivity contribution in [2.45, 2.75) is 18.3 Å².